The molecule has 8 heteroatoms. The van der Waals surface area contributed by atoms with Crippen molar-refractivity contribution >= 4 is 15.9 Å². The number of carbonyl (C=O) groups is 1. The zero-order chi connectivity index (χ0) is 16.9. The minimum atomic E-state index is -3.70. The molecule has 3 N–H and O–H groups in total. The van der Waals surface area contributed by atoms with E-state index in [1.807, 2.05) is 0 Å². The van der Waals surface area contributed by atoms with Gasteiger partial charge in [-0.25, -0.2) is 13.1 Å². The number of hydrogen-bond donors (Lipinski definition) is 3. The highest BCUT2D eigenvalue weighted by Gasteiger charge is 2.21. The van der Waals surface area contributed by atoms with Crippen molar-refractivity contribution in [3.05, 3.63) is 23.8 Å². The molecule has 1 aliphatic heterocycles. The quantitative estimate of drug-likeness (QED) is 0.693. The fourth-order valence-corrected chi connectivity index (χ4v) is 3.49. The van der Waals surface area contributed by atoms with E-state index in [0.717, 1.165) is 25.9 Å². The van der Waals surface area contributed by atoms with E-state index in [1.165, 1.54) is 26.3 Å². The van der Waals surface area contributed by atoms with Crippen LogP contribution in [0.5, 0.6) is 5.75 Å². The first-order valence-electron chi connectivity index (χ1n) is 7.58. The summed E-state index contributed by atoms with van der Waals surface area (Å²) < 4.78 is 31.4. The van der Waals surface area contributed by atoms with Crippen LogP contribution in [0.2, 0.25) is 0 Å². The van der Waals surface area contributed by atoms with Crippen LogP contribution in [0.4, 0.5) is 0 Å². The Morgan fingerprint density at radius 1 is 1.43 bits per heavy atom. The Bertz CT molecular complexity index is 655. The lowest BCUT2D eigenvalue weighted by atomic mass is 9.99. The lowest BCUT2D eigenvalue weighted by molar-refractivity contribution is 0.0944. The maximum atomic E-state index is 12.3. The van der Waals surface area contributed by atoms with Gasteiger partial charge in [-0.1, -0.05) is 0 Å². The number of carbonyl (C=O) groups excluding carboxylic acids is 1. The molecule has 1 heterocycles. The van der Waals surface area contributed by atoms with Gasteiger partial charge in [0.1, 0.15) is 10.6 Å². The van der Waals surface area contributed by atoms with Crippen LogP contribution in [-0.4, -0.2) is 48.1 Å². The molecule has 1 saturated heterocycles. The standard InChI is InChI=1S/C15H23N3O4S/c1-16-23(20,21)14-8-12(5-6-13(14)22-2)15(19)18-10-11-4-3-7-17-9-11/h5-6,8,11,16-17H,3-4,7,9-10H2,1-2H3,(H,18,19). The van der Waals surface area contributed by atoms with Crippen molar-refractivity contribution in [1.82, 2.24) is 15.4 Å². The summed E-state index contributed by atoms with van der Waals surface area (Å²) >= 11 is 0. The molecule has 1 atom stereocenters. The van der Waals surface area contributed by atoms with E-state index in [4.69, 9.17) is 4.74 Å². The van der Waals surface area contributed by atoms with Gasteiger partial charge in [-0.15, -0.1) is 0 Å². The summed E-state index contributed by atoms with van der Waals surface area (Å²) in [6.45, 7) is 2.49. The topological polar surface area (TPSA) is 96.5 Å². The predicted molar refractivity (Wildman–Crippen MR) is 87.2 cm³/mol. The summed E-state index contributed by atoms with van der Waals surface area (Å²) in [6, 6.07) is 4.38. The van der Waals surface area contributed by atoms with Crippen molar-refractivity contribution in [2.75, 3.05) is 33.8 Å². The summed E-state index contributed by atoms with van der Waals surface area (Å²) in [5.41, 5.74) is 0.295. The zero-order valence-electron chi connectivity index (χ0n) is 13.4. The highest BCUT2D eigenvalue weighted by Crippen LogP contribution is 2.24. The molecule has 1 aromatic carbocycles. The third-order valence-electron chi connectivity index (χ3n) is 3.93. The van der Waals surface area contributed by atoms with E-state index in [9.17, 15) is 13.2 Å². The van der Waals surface area contributed by atoms with Gasteiger partial charge >= 0.3 is 0 Å². The maximum absolute atomic E-state index is 12.3. The average Bonchev–Trinajstić information content (AvgIpc) is 2.60. The minimum absolute atomic E-state index is 0.0468. The van der Waals surface area contributed by atoms with E-state index in [0.29, 0.717) is 18.0 Å². The molecule has 1 fully saturated rings. The van der Waals surface area contributed by atoms with Crippen molar-refractivity contribution in [1.29, 1.82) is 0 Å². The first-order chi connectivity index (χ1) is 11.0. The zero-order valence-corrected chi connectivity index (χ0v) is 14.2. The molecule has 1 aliphatic rings. The van der Waals surface area contributed by atoms with Crippen LogP contribution in [-0.2, 0) is 10.0 Å². The molecule has 1 unspecified atom stereocenters. The molecule has 0 saturated carbocycles. The van der Waals surface area contributed by atoms with Gasteiger partial charge in [0.2, 0.25) is 10.0 Å². The molecule has 1 amide bonds. The molecular weight excluding hydrogens is 318 g/mol. The van der Waals surface area contributed by atoms with Gasteiger partial charge in [0, 0.05) is 12.1 Å². The van der Waals surface area contributed by atoms with E-state index >= 15 is 0 Å². The summed E-state index contributed by atoms with van der Waals surface area (Å²) in [6.07, 6.45) is 2.18. The number of benzene rings is 1. The lowest BCUT2D eigenvalue weighted by Crippen LogP contribution is -2.38. The Morgan fingerprint density at radius 3 is 2.83 bits per heavy atom. The number of rotatable bonds is 6. The SMILES string of the molecule is CNS(=O)(=O)c1cc(C(=O)NCC2CCCNC2)ccc1OC. The van der Waals surface area contributed by atoms with E-state index < -0.39 is 10.0 Å². The van der Waals surface area contributed by atoms with Crippen LogP contribution in [0.15, 0.2) is 23.1 Å². The highest BCUT2D eigenvalue weighted by molar-refractivity contribution is 7.89. The number of methoxy groups -OCH3 is 1. The summed E-state index contributed by atoms with van der Waals surface area (Å²) in [5, 5.41) is 6.16. The molecule has 2 rings (SSSR count). The maximum Gasteiger partial charge on any atom is 0.251 e. The molecule has 0 radical (unpaired) electrons. The van der Waals surface area contributed by atoms with Crippen molar-refractivity contribution in [2.45, 2.75) is 17.7 Å². The van der Waals surface area contributed by atoms with E-state index in [-0.39, 0.29) is 16.6 Å². The number of amides is 1. The van der Waals surface area contributed by atoms with Crippen LogP contribution in [0.25, 0.3) is 0 Å². The summed E-state index contributed by atoms with van der Waals surface area (Å²) in [5.74, 6) is 0.324. The Hall–Kier alpha value is -1.64. The summed E-state index contributed by atoms with van der Waals surface area (Å²) in [7, 11) is -0.992. The number of hydrogen-bond acceptors (Lipinski definition) is 5. The molecule has 23 heavy (non-hydrogen) atoms. The smallest absolute Gasteiger partial charge is 0.251 e. The number of ether oxygens (including phenoxy) is 1. The minimum Gasteiger partial charge on any atom is -0.495 e. The summed E-state index contributed by atoms with van der Waals surface area (Å²) in [4.78, 5) is 12.2. The third-order valence-corrected chi connectivity index (χ3v) is 5.37. The van der Waals surface area contributed by atoms with Crippen LogP contribution >= 0.6 is 0 Å². The second-order valence-electron chi connectivity index (χ2n) is 5.50. The number of sulfonamides is 1. The predicted octanol–water partition coefficient (Wildman–Crippen LogP) is 0.333. The van der Waals surface area contributed by atoms with Crippen LogP contribution in [0, 0.1) is 5.92 Å². The molecule has 0 aromatic heterocycles. The number of piperidine rings is 1. The Balaban J connectivity index is 2.12. The fraction of sp³-hybridized carbons (Fsp3) is 0.533. The molecule has 0 bridgehead atoms. The Morgan fingerprint density at radius 2 is 2.22 bits per heavy atom. The van der Waals surface area contributed by atoms with Crippen LogP contribution in [0.1, 0.15) is 23.2 Å². The van der Waals surface area contributed by atoms with Crippen molar-refractivity contribution < 1.29 is 17.9 Å². The van der Waals surface area contributed by atoms with Gasteiger partial charge in [-0.2, -0.15) is 0 Å². The van der Waals surface area contributed by atoms with Crippen LogP contribution < -0.4 is 20.1 Å². The largest absolute Gasteiger partial charge is 0.495 e. The van der Waals surface area contributed by atoms with Gasteiger partial charge in [0.05, 0.1) is 7.11 Å². The van der Waals surface area contributed by atoms with Gasteiger partial charge in [-0.05, 0) is 57.1 Å². The number of nitrogens with one attached hydrogen (secondary N) is 3. The highest BCUT2D eigenvalue weighted by atomic mass is 32.2. The Labute approximate surface area is 136 Å². The molecule has 0 aliphatic carbocycles. The van der Waals surface area contributed by atoms with Crippen molar-refractivity contribution in [2.24, 2.45) is 5.92 Å². The molecule has 0 spiro atoms. The molecule has 1 aromatic rings. The Kier molecular flexibility index (Phi) is 5.97. The van der Waals surface area contributed by atoms with Gasteiger partial charge in [-0.3, -0.25) is 4.79 Å². The molecule has 128 valence electrons. The normalized spacial score (nSPS) is 18.4. The average molecular weight is 341 g/mol. The first-order valence-corrected chi connectivity index (χ1v) is 9.06. The third kappa shape index (κ3) is 4.43. The van der Waals surface area contributed by atoms with Crippen molar-refractivity contribution in [3.63, 3.8) is 0 Å². The van der Waals surface area contributed by atoms with E-state index in [1.54, 1.807) is 6.07 Å². The fourth-order valence-electron chi connectivity index (χ4n) is 2.58. The second-order valence-corrected chi connectivity index (χ2v) is 7.35. The van der Waals surface area contributed by atoms with Gasteiger partial charge in [0.15, 0.2) is 0 Å². The van der Waals surface area contributed by atoms with Gasteiger partial charge in [0.25, 0.3) is 5.91 Å². The first kappa shape index (κ1) is 17.7. The molecule has 7 nitrogen and oxygen atoms in total. The lowest BCUT2D eigenvalue weighted by Gasteiger charge is -2.22. The molecular formula is C15H23N3O4S. The van der Waals surface area contributed by atoms with Crippen molar-refractivity contribution in [3.8, 4) is 5.75 Å². The van der Waals surface area contributed by atoms with Crippen LogP contribution in [0.3, 0.4) is 0 Å². The van der Waals surface area contributed by atoms with Gasteiger partial charge < -0.3 is 15.4 Å². The monoisotopic (exact) mass is 341 g/mol. The van der Waals surface area contributed by atoms with E-state index in [2.05, 4.69) is 15.4 Å². The second kappa shape index (κ2) is 7.76.